The first kappa shape index (κ1) is 11.8. The smallest absolute Gasteiger partial charge is 0.0479 e. The van der Waals surface area contributed by atoms with E-state index in [2.05, 4.69) is 42.8 Å². The second-order valence-corrected chi connectivity index (χ2v) is 5.77. The van der Waals surface area contributed by atoms with Gasteiger partial charge in [0.1, 0.15) is 0 Å². The fourth-order valence-corrected chi connectivity index (χ4v) is 3.21. The van der Waals surface area contributed by atoms with E-state index in [-0.39, 0.29) is 0 Å². The van der Waals surface area contributed by atoms with Crippen molar-refractivity contribution in [1.29, 1.82) is 0 Å². The van der Waals surface area contributed by atoms with Gasteiger partial charge in [0, 0.05) is 29.7 Å². The number of fused-ring (bicyclic) bond motifs is 1. The van der Waals surface area contributed by atoms with Gasteiger partial charge in [-0.1, -0.05) is 6.07 Å². The van der Waals surface area contributed by atoms with Crippen LogP contribution < -0.4 is 5.73 Å². The zero-order valence-electron chi connectivity index (χ0n) is 11.3. The van der Waals surface area contributed by atoms with Crippen LogP contribution in [0.15, 0.2) is 24.3 Å². The first-order valence-corrected chi connectivity index (χ1v) is 6.96. The molecule has 1 aliphatic carbocycles. The number of hydrogen-bond donors (Lipinski definition) is 1. The molecule has 2 N–H and O–H groups in total. The maximum absolute atomic E-state index is 5.99. The molecular formula is C16H22N2. The van der Waals surface area contributed by atoms with Crippen LogP contribution in [-0.2, 0) is 7.05 Å². The molecule has 1 aromatic carbocycles. The van der Waals surface area contributed by atoms with Crippen molar-refractivity contribution >= 4 is 10.9 Å². The highest BCUT2D eigenvalue weighted by Gasteiger charge is 2.20. The fourth-order valence-electron chi connectivity index (χ4n) is 3.21. The summed E-state index contributed by atoms with van der Waals surface area (Å²) >= 11 is 0. The van der Waals surface area contributed by atoms with Crippen LogP contribution in [0, 0.1) is 6.92 Å². The van der Waals surface area contributed by atoms with E-state index in [1.807, 2.05) is 0 Å². The molecule has 0 atom stereocenters. The van der Waals surface area contributed by atoms with E-state index >= 15 is 0 Å². The highest BCUT2D eigenvalue weighted by atomic mass is 14.9. The number of benzene rings is 1. The number of rotatable bonds is 1. The summed E-state index contributed by atoms with van der Waals surface area (Å²) in [5.74, 6) is 0.717. The summed E-state index contributed by atoms with van der Waals surface area (Å²) in [4.78, 5) is 0. The quantitative estimate of drug-likeness (QED) is 0.815. The highest BCUT2D eigenvalue weighted by molar-refractivity contribution is 5.82. The van der Waals surface area contributed by atoms with Crippen LogP contribution in [0.2, 0.25) is 0 Å². The summed E-state index contributed by atoms with van der Waals surface area (Å²) in [5, 5.41) is 1.38. The third kappa shape index (κ3) is 1.95. The van der Waals surface area contributed by atoms with Crippen LogP contribution in [0.5, 0.6) is 0 Å². The van der Waals surface area contributed by atoms with Crippen molar-refractivity contribution < 1.29 is 0 Å². The summed E-state index contributed by atoms with van der Waals surface area (Å²) in [6.45, 7) is 2.17. The lowest BCUT2D eigenvalue weighted by Gasteiger charge is -2.26. The van der Waals surface area contributed by atoms with Gasteiger partial charge >= 0.3 is 0 Å². The van der Waals surface area contributed by atoms with Crippen LogP contribution in [0.25, 0.3) is 10.9 Å². The van der Waals surface area contributed by atoms with Gasteiger partial charge in [-0.05, 0) is 62.3 Å². The Bertz CT molecular complexity index is 560. The molecule has 2 heteroatoms. The minimum Gasteiger partial charge on any atom is -0.348 e. The molecule has 3 rings (SSSR count). The van der Waals surface area contributed by atoms with Gasteiger partial charge in [0.2, 0.25) is 0 Å². The molecule has 96 valence electrons. The Morgan fingerprint density at radius 1 is 1.11 bits per heavy atom. The Morgan fingerprint density at radius 2 is 1.83 bits per heavy atom. The van der Waals surface area contributed by atoms with Gasteiger partial charge in [-0.25, -0.2) is 0 Å². The standard InChI is InChI=1S/C16H22N2/c1-11-9-14-10-13(5-8-16(14)18(11)2)12-3-6-15(17)7-4-12/h5,8-10,12,15H,3-4,6-7,17H2,1-2H3. The van der Waals surface area contributed by atoms with Gasteiger partial charge in [-0.15, -0.1) is 0 Å². The third-order valence-corrected chi connectivity index (χ3v) is 4.55. The maximum Gasteiger partial charge on any atom is 0.0479 e. The lowest BCUT2D eigenvalue weighted by Crippen LogP contribution is -2.25. The first-order chi connectivity index (χ1) is 8.65. The molecule has 0 saturated heterocycles. The summed E-state index contributed by atoms with van der Waals surface area (Å²) in [6.07, 6.45) is 4.85. The number of hydrogen-bond acceptors (Lipinski definition) is 1. The minimum atomic E-state index is 0.434. The average Bonchev–Trinajstić information content (AvgIpc) is 2.65. The van der Waals surface area contributed by atoms with Crippen molar-refractivity contribution in [2.75, 3.05) is 0 Å². The lowest BCUT2D eigenvalue weighted by atomic mass is 9.82. The van der Waals surface area contributed by atoms with Crippen LogP contribution >= 0.6 is 0 Å². The molecule has 0 spiro atoms. The fraction of sp³-hybridized carbons (Fsp3) is 0.500. The van der Waals surface area contributed by atoms with E-state index in [9.17, 15) is 0 Å². The van der Waals surface area contributed by atoms with Gasteiger partial charge in [0.25, 0.3) is 0 Å². The molecular weight excluding hydrogens is 220 g/mol. The van der Waals surface area contributed by atoms with Crippen LogP contribution in [0.3, 0.4) is 0 Å². The molecule has 1 heterocycles. The summed E-state index contributed by atoms with van der Waals surface area (Å²) in [5.41, 5.74) is 10.1. The topological polar surface area (TPSA) is 30.9 Å². The SMILES string of the molecule is Cc1cc2cc(C3CCC(N)CC3)ccc2n1C. The largest absolute Gasteiger partial charge is 0.348 e. The molecule has 1 aromatic heterocycles. The van der Waals surface area contributed by atoms with Crippen LogP contribution in [0.4, 0.5) is 0 Å². The monoisotopic (exact) mass is 242 g/mol. The van der Waals surface area contributed by atoms with Gasteiger partial charge < -0.3 is 10.3 Å². The maximum atomic E-state index is 5.99. The zero-order chi connectivity index (χ0) is 12.7. The average molecular weight is 242 g/mol. The summed E-state index contributed by atoms with van der Waals surface area (Å²) < 4.78 is 2.26. The Morgan fingerprint density at radius 3 is 2.56 bits per heavy atom. The van der Waals surface area contributed by atoms with Gasteiger partial charge in [0.05, 0.1) is 0 Å². The van der Waals surface area contributed by atoms with E-state index in [0.29, 0.717) is 6.04 Å². The van der Waals surface area contributed by atoms with Crippen molar-refractivity contribution in [2.24, 2.45) is 12.8 Å². The van der Waals surface area contributed by atoms with Crippen molar-refractivity contribution in [3.8, 4) is 0 Å². The van der Waals surface area contributed by atoms with E-state index in [1.54, 1.807) is 0 Å². The van der Waals surface area contributed by atoms with E-state index < -0.39 is 0 Å². The van der Waals surface area contributed by atoms with Gasteiger partial charge in [-0.3, -0.25) is 0 Å². The van der Waals surface area contributed by atoms with E-state index in [1.165, 1.54) is 47.8 Å². The molecule has 1 aliphatic rings. The molecule has 18 heavy (non-hydrogen) atoms. The normalized spacial score (nSPS) is 24.6. The van der Waals surface area contributed by atoms with Crippen molar-refractivity contribution in [2.45, 2.75) is 44.6 Å². The Balaban J connectivity index is 1.93. The minimum absolute atomic E-state index is 0.434. The van der Waals surface area contributed by atoms with Crippen molar-refractivity contribution in [1.82, 2.24) is 4.57 Å². The van der Waals surface area contributed by atoms with Crippen LogP contribution in [0.1, 0.15) is 42.9 Å². The number of nitrogens with two attached hydrogens (primary N) is 1. The third-order valence-electron chi connectivity index (χ3n) is 4.55. The summed E-state index contributed by atoms with van der Waals surface area (Å²) in [7, 11) is 2.14. The second-order valence-electron chi connectivity index (χ2n) is 5.77. The van der Waals surface area contributed by atoms with Gasteiger partial charge in [0.15, 0.2) is 0 Å². The van der Waals surface area contributed by atoms with Crippen molar-refractivity contribution in [3.05, 3.63) is 35.5 Å². The molecule has 0 unspecified atom stereocenters. The zero-order valence-corrected chi connectivity index (χ0v) is 11.3. The van der Waals surface area contributed by atoms with Crippen LogP contribution in [-0.4, -0.2) is 10.6 Å². The van der Waals surface area contributed by atoms with Gasteiger partial charge in [-0.2, -0.15) is 0 Å². The van der Waals surface area contributed by atoms with E-state index in [4.69, 9.17) is 5.73 Å². The predicted molar refractivity (Wildman–Crippen MR) is 76.8 cm³/mol. The molecule has 0 aliphatic heterocycles. The first-order valence-electron chi connectivity index (χ1n) is 6.96. The molecule has 0 bridgehead atoms. The Kier molecular flexibility index (Phi) is 2.90. The number of aryl methyl sites for hydroxylation is 2. The Labute approximate surface area is 109 Å². The molecule has 2 nitrogen and oxygen atoms in total. The highest BCUT2D eigenvalue weighted by Crippen LogP contribution is 2.34. The van der Waals surface area contributed by atoms with Crippen molar-refractivity contribution in [3.63, 3.8) is 0 Å². The summed E-state index contributed by atoms with van der Waals surface area (Å²) in [6, 6.07) is 9.68. The second kappa shape index (κ2) is 4.43. The molecule has 0 amide bonds. The molecule has 0 radical (unpaired) electrons. The Hall–Kier alpha value is -1.28. The molecule has 2 aromatic rings. The molecule has 1 fully saturated rings. The lowest BCUT2D eigenvalue weighted by molar-refractivity contribution is 0.396. The van der Waals surface area contributed by atoms with E-state index in [0.717, 1.165) is 5.92 Å². The number of nitrogens with zero attached hydrogens (tertiary/aromatic N) is 1. The number of aromatic nitrogens is 1. The molecule has 1 saturated carbocycles. The predicted octanol–water partition coefficient (Wildman–Crippen LogP) is 3.47.